The second-order valence-corrected chi connectivity index (χ2v) is 4.73. The van der Waals surface area contributed by atoms with Gasteiger partial charge in [0.25, 0.3) is 0 Å². The number of likely N-dealkylation sites (tertiary alicyclic amines) is 1. The molecule has 1 aromatic heterocycles. The van der Waals surface area contributed by atoms with Gasteiger partial charge in [0.1, 0.15) is 0 Å². The lowest BCUT2D eigenvalue weighted by molar-refractivity contribution is -0.118. The Kier molecular flexibility index (Phi) is 5.11. The van der Waals surface area contributed by atoms with Crippen molar-refractivity contribution in [1.82, 2.24) is 9.88 Å². The molecule has 0 aromatic carbocycles. The van der Waals surface area contributed by atoms with Gasteiger partial charge in [-0.1, -0.05) is 6.07 Å². The van der Waals surface area contributed by atoms with E-state index < -0.39 is 0 Å². The van der Waals surface area contributed by atoms with Crippen LogP contribution in [0.1, 0.15) is 24.5 Å². The molecule has 100 valence electrons. The van der Waals surface area contributed by atoms with Gasteiger partial charge in [-0.2, -0.15) is 0 Å². The minimum absolute atomic E-state index is 0.114. The lowest BCUT2D eigenvalue weighted by atomic mass is 9.93. The molecule has 0 unspecified atom stereocenters. The quantitative estimate of drug-likeness (QED) is 0.747. The molecule has 0 saturated carbocycles. The monoisotopic (exact) mass is 250 g/mol. The number of hydrogen-bond donors (Lipinski definition) is 0. The first-order chi connectivity index (χ1) is 8.83. The third-order valence-corrected chi connectivity index (χ3v) is 3.63. The molecule has 2 heterocycles. The van der Waals surface area contributed by atoms with E-state index in [-0.39, 0.29) is 6.29 Å². The highest BCUT2D eigenvalue weighted by Crippen LogP contribution is 2.26. The van der Waals surface area contributed by atoms with E-state index in [0.29, 0.717) is 5.92 Å². The standard InChI is InChI=1S/C14H22N2O2/c1-17-14(18-2)11-16-9-6-12(7-10-16)13-5-3-4-8-15-13/h3-5,8,12,14H,6-7,9-11H2,1-2H3. The van der Waals surface area contributed by atoms with Crippen LogP contribution < -0.4 is 0 Å². The molecule has 0 bridgehead atoms. The SMILES string of the molecule is COC(CN1CCC(c2ccccn2)CC1)OC. The summed E-state index contributed by atoms with van der Waals surface area (Å²) in [6, 6.07) is 6.18. The Morgan fingerprint density at radius 2 is 2.00 bits per heavy atom. The van der Waals surface area contributed by atoms with Crippen LogP contribution in [0.5, 0.6) is 0 Å². The van der Waals surface area contributed by atoms with Gasteiger partial charge in [-0.15, -0.1) is 0 Å². The maximum atomic E-state index is 5.24. The second kappa shape index (κ2) is 6.83. The topological polar surface area (TPSA) is 34.6 Å². The molecule has 18 heavy (non-hydrogen) atoms. The summed E-state index contributed by atoms with van der Waals surface area (Å²) in [5, 5.41) is 0. The van der Waals surface area contributed by atoms with Crippen molar-refractivity contribution >= 4 is 0 Å². The lowest BCUT2D eigenvalue weighted by Gasteiger charge is -2.33. The summed E-state index contributed by atoms with van der Waals surface area (Å²) >= 11 is 0. The summed E-state index contributed by atoms with van der Waals surface area (Å²) in [4.78, 5) is 6.85. The third kappa shape index (κ3) is 3.51. The highest BCUT2D eigenvalue weighted by Gasteiger charge is 2.23. The molecule has 0 spiro atoms. The van der Waals surface area contributed by atoms with Gasteiger partial charge in [-0.25, -0.2) is 0 Å². The van der Waals surface area contributed by atoms with Crippen molar-refractivity contribution in [3.05, 3.63) is 30.1 Å². The van der Waals surface area contributed by atoms with Crippen LogP contribution in [0.25, 0.3) is 0 Å². The molecule has 1 aliphatic heterocycles. The Morgan fingerprint density at radius 1 is 1.28 bits per heavy atom. The Hall–Kier alpha value is -0.970. The zero-order chi connectivity index (χ0) is 12.8. The number of methoxy groups -OCH3 is 2. The number of hydrogen-bond acceptors (Lipinski definition) is 4. The molecule has 1 aliphatic rings. The summed E-state index contributed by atoms with van der Waals surface area (Å²) in [6.07, 6.45) is 4.10. The van der Waals surface area contributed by atoms with Crippen LogP contribution in [0.3, 0.4) is 0 Å². The summed E-state index contributed by atoms with van der Waals surface area (Å²) in [7, 11) is 3.38. The molecular formula is C14H22N2O2. The van der Waals surface area contributed by atoms with Gasteiger partial charge < -0.3 is 9.47 Å². The first-order valence-corrected chi connectivity index (χ1v) is 6.52. The van der Waals surface area contributed by atoms with Crippen LogP contribution in [0.15, 0.2) is 24.4 Å². The number of aromatic nitrogens is 1. The maximum Gasteiger partial charge on any atom is 0.169 e. The molecule has 0 atom stereocenters. The Labute approximate surface area is 109 Å². The normalized spacial score (nSPS) is 18.4. The van der Waals surface area contributed by atoms with Crippen molar-refractivity contribution in [2.45, 2.75) is 25.0 Å². The highest BCUT2D eigenvalue weighted by atomic mass is 16.7. The fraction of sp³-hybridized carbons (Fsp3) is 0.643. The van der Waals surface area contributed by atoms with Crippen molar-refractivity contribution < 1.29 is 9.47 Å². The zero-order valence-corrected chi connectivity index (χ0v) is 11.2. The van der Waals surface area contributed by atoms with Crippen LogP contribution in [0.2, 0.25) is 0 Å². The molecule has 0 radical (unpaired) electrons. The van der Waals surface area contributed by atoms with Crippen LogP contribution >= 0.6 is 0 Å². The van der Waals surface area contributed by atoms with Crippen LogP contribution in [0, 0.1) is 0 Å². The van der Waals surface area contributed by atoms with Gasteiger partial charge >= 0.3 is 0 Å². The molecule has 0 N–H and O–H groups in total. The summed E-state index contributed by atoms with van der Waals surface area (Å²) in [5.41, 5.74) is 1.23. The van der Waals surface area contributed by atoms with Crippen molar-refractivity contribution in [3.63, 3.8) is 0 Å². The fourth-order valence-electron chi connectivity index (χ4n) is 2.48. The van der Waals surface area contributed by atoms with Gasteiger partial charge in [0.2, 0.25) is 0 Å². The van der Waals surface area contributed by atoms with Gasteiger partial charge in [-0.3, -0.25) is 9.88 Å². The average Bonchev–Trinajstić information content (AvgIpc) is 2.46. The fourth-order valence-corrected chi connectivity index (χ4v) is 2.48. The molecule has 1 saturated heterocycles. The molecule has 2 rings (SSSR count). The van der Waals surface area contributed by atoms with Crippen LogP contribution in [-0.2, 0) is 9.47 Å². The second-order valence-electron chi connectivity index (χ2n) is 4.73. The van der Waals surface area contributed by atoms with Crippen LogP contribution in [0.4, 0.5) is 0 Å². The van der Waals surface area contributed by atoms with E-state index in [0.717, 1.165) is 32.5 Å². The van der Waals surface area contributed by atoms with Gasteiger partial charge in [0.15, 0.2) is 6.29 Å². The largest absolute Gasteiger partial charge is 0.355 e. The lowest BCUT2D eigenvalue weighted by Crippen LogP contribution is -2.39. The number of piperidine rings is 1. The van der Waals surface area contributed by atoms with Gasteiger partial charge in [0, 0.05) is 38.6 Å². The van der Waals surface area contributed by atoms with Gasteiger partial charge in [0.05, 0.1) is 0 Å². The Balaban J connectivity index is 1.81. The number of rotatable bonds is 5. The molecule has 4 heteroatoms. The molecule has 4 nitrogen and oxygen atoms in total. The van der Waals surface area contributed by atoms with E-state index >= 15 is 0 Å². The van der Waals surface area contributed by atoms with Crippen molar-refractivity contribution in [1.29, 1.82) is 0 Å². The Bertz CT molecular complexity index is 333. The maximum absolute atomic E-state index is 5.24. The van der Waals surface area contributed by atoms with Crippen molar-refractivity contribution in [2.75, 3.05) is 33.9 Å². The summed E-state index contributed by atoms with van der Waals surface area (Å²) < 4.78 is 10.5. The predicted octanol–water partition coefficient (Wildman–Crippen LogP) is 1.88. The van der Waals surface area contributed by atoms with E-state index in [9.17, 15) is 0 Å². The summed E-state index contributed by atoms with van der Waals surface area (Å²) in [5.74, 6) is 0.603. The molecular weight excluding hydrogens is 228 g/mol. The van der Waals surface area contributed by atoms with E-state index in [4.69, 9.17) is 9.47 Å². The molecule has 0 aliphatic carbocycles. The molecule has 1 aromatic rings. The van der Waals surface area contributed by atoms with E-state index in [1.54, 1.807) is 14.2 Å². The number of ether oxygens (including phenoxy) is 2. The summed E-state index contributed by atoms with van der Waals surface area (Å²) in [6.45, 7) is 3.02. The minimum Gasteiger partial charge on any atom is -0.355 e. The first kappa shape index (κ1) is 13.5. The smallest absolute Gasteiger partial charge is 0.169 e. The van der Waals surface area contributed by atoms with Crippen LogP contribution in [-0.4, -0.2) is 50.0 Å². The van der Waals surface area contributed by atoms with E-state index in [1.165, 1.54) is 5.69 Å². The van der Waals surface area contributed by atoms with Gasteiger partial charge in [-0.05, 0) is 38.1 Å². The predicted molar refractivity (Wildman–Crippen MR) is 70.5 cm³/mol. The Morgan fingerprint density at radius 3 is 2.56 bits per heavy atom. The number of nitrogens with zero attached hydrogens (tertiary/aromatic N) is 2. The number of pyridine rings is 1. The molecule has 1 fully saturated rings. The van der Waals surface area contributed by atoms with Crippen molar-refractivity contribution in [2.24, 2.45) is 0 Å². The van der Waals surface area contributed by atoms with E-state index in [1.807, 2.05) is 12.3 Å². The first-order valence-electron chi connectivity index (χ1n) is 6.52. The minimum atomic E-state index is -0.114. The zero-order valence-electron chi connectivity index (χ0n) is 11.2. The van der Waals surface area contributed by atoms with E-state index in [2.05, 4.69) is 22.0 Å². The third-order valence-electron chi connectivity index (χ3n) is 3.63. The molecule has 0 amide bonds. The van der Waals surface area contributed by atoms with Crippen molar-refractivity contribution in [3.8, 4) is 0 Å². The average molecular weight is 250 g/mol. The highest BCUT2D eigenvalue weighted by molar-refractivity contribution is 5.10.